The van der Waals surface area contributed by atoms with Crippen LogP contribution in [0.1, 0.15) is 39.5 Å². The number of aliphatic hydroxyl groups is 2. The Morgan fingerprint density at radius 3 is 1.54 bits per heavy atom. The maximum atomic E-state index is 10.00. The highest BCUT2D eigenvalue weighted by Gasteiger charge is 2.15. The zero-order valence-corrected chi connectivity index (χ0v) is 20.3. The molecule has 0 spiro atoms. The molecule has 0 aliphatic rings. The fraction of sp³-hybridized carbons (Fsp3) is 0.267. The molecule has 0 heterocycles. The van der Waals surface area contributed by atoms with Gasteiger partial charge < -0.3 is 24.6 Å². The van der Waals surface area contributed by atoms with Gasteiger partial charge in [0.2, 0.25) is 0 Å². The Morgan fingerprint density at radius 2 is 1.06 bits per heavy atom. The van der Waals surface area contributed by atoms with Crippen LogP contribution in [0.2, 0.25) is 0 Å². The first-order chi connectivity index (χ1) is 17.1. The molecule has 182 valence electrons. The smallest absolute Gasteiger partial charge is 0.197 e. The van der Waals surface area contributed by atoms with Crippen LogP contribution in [0.25, 0.3) is 10.8 Å². The second kappa shape index (κ2) is 11.7. The lowest BCUT2D eigenvalue weighted by Crippen LogP contribution is -2.15. The number of aliphatic hydroxyl groups excluding tert-OH is 2. The van der Waals surface area contributed by atoms with E-state index in [1.54, 1.807) is 0 Å². The standard InChI is InChI=1S/C30H33NO4/c1-3-7-29(32)34-27-17-13-24(14-18-27)31(26-12-11-22-9-5-6-10-23(22)21-26)25-15-19-28(20-16-25)35-30(33)8-4-2/h5-6,9-21,29-30,32-33H,3-4,7-8H2,1-2H3. The van der Waals surface area contributed by atoms with Crippen molar-refractivity contribution in [2.24, 2.45) is 0 Å². The van der Waals surface area contributed by atoms with Gasteiger partial charge in [0.1, 0.15) is 11.5 Å². The zero-order chi connectivity index (χ0) is 24.6. The zero-order valence-electron chi connectivity index (χ0n) is 20.3. The molecule has 4 aromatic carbocycles. The van der Waals surface area contributed by atoms with E-state index in [4.69, 9.17) is 9.47 Å². The molecule has 0 aliphatic heterocycles. The Labute approximate surface area is 207 Å². The van der Waals surface area contributed by atoms with E-state index in [-0.39, 0.29) is 0 Å². The quantitative estimate of drug-likeness (QED) is 0.225. The number of rotatable bonds is 11. The number of hydrogen-bond acceptors (Lipinski definition) is 5. The van der Waals surface area contributed by atoms with Crippen molar-refractivity contribution in [2.75, 3.05) is 4.90 Å². The number of anilines is 3. The normalized spacial score (nSPS) is 12.8. The summed E-state index contributed by atoms with van der Waals surface area (Å²) in [5, 5.41) is 22.3. The first-order valence-electron chi connectivity index (χ1n) is 12.3. The molecule has 4 aromatic rings. The average molecular weight is 472 g/mol. The molecule has 2 unspecified atom stereocenters. The molecule has 4 rings (SSSR count). The Balaban J connectivity index is 1.67. The largest absolute Gasteiger partial charge is 0.465 e. The molecule has 0 aromatic heterocycles. The molecule has 5 nitrogen and oxygen atoms in total. The molecule has 2 atom stereocenters. The fourth-order valence-corrected chi connectivity index (χ4v) is 4.04. The van der Waals surface area contributed by atoms with Crippen LogP contribution >= 0.6 is 0 Å². The van der Waals surface area contributed by atoms with Gasteiger partial charge in [-0.25, -0.2) is 0 Å². The number of ether oxygens (including phenoxy) is 2. The average Bonchev–Trinajstić information content (AvgIpc) is 2.86. The Hall–Kier alpha value is -3.54. The minimum absolute atomic E-state index is 0.590. The number of nitrogens with zero attached hydrogens (tertiary/aromatic N) is 1. The summed E-state index contributed by atoms with van der Waals surface area (Å²) >= 11 is 0. The second-order valence-corrected chi connectivity index (χ2v) is 8.58. The van der Waals surface area contributed by atoms with Crippen molar-refractivity contribution in [1.29, 1.82) is 0 Å². The molecule has 0 bridgehead atoms. The molecule has 35 heavy (non-hydrogen) atoms. The van der Waals surface area contributed by atoms with Crippen molar-refractivity contribution in [1.82, 2.24) is 0 Å². The summed E-state index contributed by atoms with van der Waals surface area (Å²) in [5.41, 5.74) is 2.93. The van der Waals surface area contributed by atoms with E-state index in [0.717, 1.165) is 35.3 Å². The molecular formula is C30H33NO4. The van der Waals surface area contributed by atoms with Gasteiger partial charge in [0, 0.05) is 29.9 Å². The second-order valence-electron chi connectivity index (χ2n) is 8.58. The molecule has 0 saturated heterocycles. The van der Waals surface area contributed by atoms with Crippen LogP contribution in [0.3, 0.4) is 0 Å². The van der Waals surface area contributed by atoms with Crippen molar-refractivity contribution in [3.05, 3.63) is 91.0 Å². The van der Waals surface area contributed by atoms with Gasteiger partial charge in [-0.1, -0.05) is 57.0 Å². The minimum Gasteiger partial charge on any atom is -0.465 e. The van der Waals surface area contributed by atoms with Gasteiger partial charge in [-0.2, -0.15) is 0 Å². The number of benzene rings is 4. The van der Waals surface area contributed by atoms with Crippen molar-refractivity contribution in [2.45, 2.75) is 52.1 Å². The summed E-state index contributed by atoms with van der Waals surface area (Å²) in [6.45, 7) is 4.02. The van der Waals surface area contributed by atoms with E-state index >= 15 is 0 Å². The van der Waals surface area contributed by atoms with Crippen LogP contribution in [0, 0.1) is 0 Å². The lowest BCUT2D eigenvalue weighted by atomic mass is 10.1. The van der Waals surface area contributed by atoms with Gasteiger partial charge in [0.15, 0.2) is 12.6 Å². The van der Waals surface area contributed by atoms with Crippen molar-refractivity contribution in [3.8, 4) is 11.5 Å². The third-order valence-electron chi connectivity index (χ3n) is 5.80. The van der Waals surface area contributed by atoms with Crippen LogP contribution < -0.4 is 14.4 Å². The molecule has 0 aliphatic carbocycles. The number of fused-ring (bicyclic) bond motifs is 1. The summed E-state index contributed by atoms with van der Waals surface area (Å²) in [6.07, 6.45) is 1.27. The summed E-state index contributed by atoms with van der Waals surface area (Å²) in [7, 11) is 0. The van der Waals surface area contributed by atoms with Gasteiger partial charge in [-0.3, -0.25) is 0 Å². The molecule has 2 N–H and O–H groups in total. The van der Waals surface area contributed by atoms with Gasteiger partial charge in [-0.05, 0) is 71.4 Å². The van der Waals surface area contributed by atoms with E-state index in [0.29, 0.717) is 24.3 Å². The van der Waals surface area contributed by atoms with E-state index in [9.17, 15) is 10.2 Å². The molecular weight excluding hydrogens is 438 g/mol. The highest BCUT2D eigenvalue weighted by molar-refractivity contribution is 5.89. The highest BCUT2D eigenvalue weighted by atomic mass is 16.6. The van der Waals surface area contributed by atoms with Gasteiger partial charge in [0.05, 0.1) is 0 Å². The Kier molecular flexibility index (Phi) is 8.24. The SMILES string of the molecule is CCCC(O)Oc1ccc(N(c2ccc(OC(O)CCC)cc2)c2ccc3ccccc3c2)cc1. The van der Waals surface area contributed by atoms with E-state index in [2.05, 4.69) is 35.2 Å². The Morgan fingerprint density at radius 1 is 0.600 bits per heavy atom. The molecule has 0 fully saturated rings. The van der Waals surface area contributed by atoms with Crippen LogP contribution in [0.5, 0.6) is 11.5 Å². The first kappa shape index (κ1) is 24.6. The summed E-state index contributed by atoms with van der Waals surface area (Å²) in [5.74, 6) is 1.25. The first-order valence-corrected chi connectivity index (χ1v) is 12.3. The number of hydrogen-bond donors (Lipinski definition) is 2. The van der Waals surface area contributed by atoms with Gasteiger partial charge in [0.25, 0.3) is 0 Å². The predicted molar refractivity (Wildman–Crippen MR) is 142 cm³/mol. The molecule has 0 radical (unpaired) electrons. The Bertz CT molecular complexity index is 1150. The summed E-state index contributed by atoms with van der Waals surface area (Å²) in [6, 6.07) is 30.1. The van der Waals surface area contributed by atoms with Gasteiger partial charge in [-0.15, -0.1) is 0 Å². The maximum absolute atomic E-state index is 10.00. The van der Waals surface area contributed by atoms with Crippen LogP contribution in [0.4, 0.5) is 17.1 Å². The van der Waals surface area contributed by atoms with Crippen molar-refractivity contribution < 1.29 is 19.7 Å². The monoisotopic (exact) mass is 471 g/mol. The van der Waals surface area contributed by atoms with Crippen molar-refractivity contribution in [3.63, 3.8) is 0 Å². The third-order valence-corrected chi connectivity index (χ3v) is 5.80. The topological polar surface area (TPSA) is 62.2 Å². The maximum Gasteiger partial charge on any atom is 0.197 e. The molecule has 0 saturated carbocycles. The third kappa shape index (κ3) is 6.32. The molecule has 5 heteroatoms. The van der Waals surface area contributed by atoms with Crippen LogP contribution in [-0.2, 0) is 0 Å². The lowest BCUT2D eigenvalue weighted by Gasteiger charge is -2.26. The fourth-order valence-electron chi connectivity index (χ4n) is 4.04. The van der Waals surface area contributed by atoms with E-state index in [1.165, 1.54) is 5.39 Å². The highest BCUT2D eigenvalue weighted by Crippen LogP contribution is 2.37. The van der Waals surface area contributed by atoms with Gasteiger partial charge >= 0.3 is 0 Å². The summed E-state index contributed by atoms with van der Waals surface area (Å²) < 4.78 is 11.3. The summed E-state index contributed by atoms with van der Waals surface area (Å²) in [4.78, 5) is 2.16. The lowest BCUT2D eigenvalue weighted by molar-refractivity contribution is -0.0237. The van der Waals surface area contributed by atoms with Crippen molar-refractivity contribution >= 4 is 27.8 Å². The van der Waals surface area contributed by atoms with E-state index < -0.39 is 12.6 Å². The van der Waals surface area contributed by atoms with Crippen LogP contribution in [-0.4, -0.2) is 22.8 Å². The van der Waals surface area contributed by atoms with E-state index in [1.807, 2.05) is 74.5 Å². The van der Waals surface area contributed by atoms with Crippen LogP contribution in [0.15, 0.2) is 91.0 Å². The minimum atomic E-state index is -0.807. The predicted octanol–water partition coefficient (Wildman–Crippen LogP) is 7.30. The molecule has 0 amide bonds.